The van der Waals surface area contributed by atoms with Gasteiger partial charge in [0.1, 0.15) is 0 Å². The Kier molecular flexibility index (Phi) is 6.01. The number of aromatic nitrogens is 2. The lowest BCUT2D eigenvalue weighted by atomic mass is 10.3. The van der Waals surface area contributed by atoms with Crippen molar-refractivity contribution >= 4 is 5.69 Å². The first-order chi connectivity index (χ1) is 9.81. The number of nitrogens with one attached hydrogen (secondary N) is 1. The lowest BCUT2D eigenvalue weighted by Gasteiger charge is -2.28. The predicted molar refractivity (Wildman–Crippen MR) is 79.3 cm³/mol. The Bertz CT molecular complexity index is 455. The fraction of sp³-hybridized carbons (Fsp3) is 0.714. The highest BCUT2D eigenvalue weighted by Crippen LogP contribution is 2.11. The third-order valence-electron chi connectivity index (χ3n) is 3.44. The van der Waals surface area contributed by atoms with E-state index in [2.05, 4.69) is 22.2 Å². The normalized spacial score (nSPS) is 15.6. The molecule has 2 rings (SSSR count). The maximum absolute atomic E-state index is 12.0. The van der Waals surface area contributed by atoms with E-state index in [0.717, 1.165) is 38.3 Å². The number of nitrogens with zero attached hydrogens (tertiary/aromatic N) is 3. The Labute approximate surface area is 119 Å². The highest BCUT2D eigenvalue weighted by Gasteiger charge is 2.12. The maximum atomic E-state index is 12.0. The highest BCUT2D eigenvalue weighted by atomic mass is 16.5. The van der Waals surface area contributed by atoms with Gasteiger partial charge >= 0.3 is 0 Å². The van der Waals surface area contributed by atoms with E-state index in [0.29, 0.717) is 19.8 Å². The standard InChI is InChI=1S/C14H24N4O2/c1-2-3-4-15-5-6-18-14(19)11-13(12-16-18)17-7-9-20-10-8-17/h11-12,15H,2-10H2,1H3. The molecule has 1 aromatic rings. The third-order valence-corrected chi connectivity index (χ3v) is 3.44. The van der Waals surface area contributed by atoms with Crippen LogP contribution in [0, 0.1) is 0 Å². The van der Waals surface area contributed by atoms with Crippen molar-refractivity contribution < 1.29 is 4.74 Å². The molecule has 1 aliphatic rings. The molecule has 1 N–H and O–H groups in total. The van der Waals surface area contributed by atoms with Gasteiger partial charge in [-0.1, -0.05) is 13.3 Å². The Morgan fingerprint density at radius 3 is 2.85 bits per heavy atom. The third kappa shape index (κ3) is 4.31. The molecule has 1 fully saturated rings. The van der Waals surface area contributed by atoms with E-state index in [1.54, 1.807) is 12.3 Å². The van der Waals surface area contributed by atoms with Crippen molar-refractivity contribution in [2.24, 2.45) is 0 Å². The van der Waals surface area contributed by atoms with Crippen molar-refractivity contribution in [3.8, 4) is 0 Å². The fourth-order valence-electron chi connectivity index (χ4n) is 2.20. The first-order valence-electron chi connectivity index (χ1n) is 7.42. The molecule has 1 aliphatic heterocycles. The predicted octanol–water partition coefficient (Wildman–Crippen LogP) is 0.470. The number of rotatable bonds is 7. The lowest BCUT2D eigenvalue weighted by Crippen LogP contribution is -2.37. The number of unbranched alkanes of at least 4 members (excludes halogenated alkanes) is 1. The first kappa shape index (κ1) is 15.0. The second-order valence-corrected chi connectivity index (χ2v) is 4.98. The summed E-state index contributed by atoms with van der Waals surface area (Å²) in [6.07, 6.45) is 4.12. The summed E-state index contributed by atoms with van der Waals surface area (Å²) in [6.45, 7) is 7.63. The van der Waals surface area contributed by atoms with Crippen LogP contribution in [0.1, 0.15) is 19.8 Å². The van der Waals surface area contributed by atoms with Gasteiger partial charge in [-0.15, -0.1) is 0 Å². The average Bonchev–Trinajstić information content (AvgIpc) is 2.49. The van der Waals surface area contributed by atoms with Crippen LogP contribution >= 0.6 is 0 Å². The van der Waals surface area contributed by atoms with Crippen molar-refractivity contribution in [1.29, 1.82) is 0 Å². The Morgan fingerprint density at radius 2 is 2.15 bits per heavy atom. The molecule has 6 nitrogen and oxygen atoms in total. The molecule has 1 saturated heterocycles. The van der Waals surface area contributed by atoms with Crippen molar-refractivity contribution in [2.75, 3.05) is 44.3 Å². The first-order valence-corrected chi connectivity index (χ1v) is 7.42. The highest BCUT2D eigenvalue weighted by molar-refractivity contribution is 5.43. The molecule has 0 saturated carbocycles. The minimum atomic E-state index is -0.0358. The second-order valence-electron chi connectivity index (χ2n) is 4.98. The molecule has 20 heavy (non-hydrogen) atoms. The average molecular weight is 280 g/mol. The minimum absolute atomic E-state index is 0.0358. The van der Waals surface area contributed by atoms with Crippen molar-refractivity contribution in [1.82, 2.24) is 15.1 Å². The number of hydrogen-bond acceptors (Lipinski definition) is 5. The second kappa shape index (κ2) is 8.01. The Hall–Kier alpha value is -1.40. The molecule has 0 spiro atoms. The van der Waals surface area contributed by atoms with Gasteiger partial charge in [-0.2, -0.15) is 5.10 Å². The van der Waals surface area contributed by atoms with Gasteiger partial charge in [0, 0.05) is 25.7 Å². The van der Waals surface area contributed by atoms with Crippen molar-refractivity contribution in [3.05, 3.63) is 22.6 Å². The molecule has 0 bridgehead atoms. The summed E-state index contributed by atoms with van der Waals surface area (Å²) in [4.78, 5) is 14.2. The van der Waals surface area contributed by atoms with E-state index in [1.165, 1.54) is 11.1 Å². The maximum Gasteiger partial charge on any atom is 0.268 e. The zero-order chi connectivity index (χ0) is 14.2. The van der Waals surface area contributed by atoms with Crippen LogP contribution in [0.2, 0.25) is 0 Å². The topological polar surface area (TPSA) is 59.4 Å². The van der Waals surface area contributed by atoms with E-state index < -0.39 is 0 Å². The van der Waals surface area contributed by atoms with Crippen molar-refractivity contribution in [2.45, 2.75) is 26.3 Å². The van der Waals surface area contributed by atoms with Gasteiger partial charge in [-0.05, 0) is 13.0 Å². The zero-order valence-corrected chi connectivity index (χ0v) is 12.2. The van der Waals surface area contributed by atoms with Crippen LogP contribution in [0.3, 0.4) is 0 Å². The SMILES string of the molecule is CCCCNCCn1ncc(N2CCOCC2)cc1=O. The van der Waals surface area contributed by atoms with Crippen LogP contribution in [-0.4, -0.2) is 49.2 Å². The van der Waals surface area contributed by atoms with Gasteiger partial charge in [0.2, 0.25) is 0 Å². The van der Waals surface area contributed by atoms with Crippen LogP contribution in [-0.2, 0) is 11.3 Å². The summed E-state index contributed by atoms with van der Waals surface area (Å²) in [6, 6.07) is 1.67. The monoisotopic (exact) mass is 280 g/mol. The van der Waals surface area contributed by atoms with Crippen molar-refractivity contribution in [3.63, 3.8) is 0 Å². The zero-order valence-electron chi connectivity index (χ0n) is 12.2. The van der Waals surface area contributed by atoms with Crippen LogP contribution in [0.4, 0.5) is 5.69 Å². The molecule has 112 valence electrons. The van der Waals surface area contributed by atoms with E-state index in [4.69, 9.17) is 4.74 Å². The molecular formula is C14H24N4O2. The number of morpholine rings is 1. The van der Waals surface area contributed by atoms with Crippen LogP contribution in [0.5, 0.6) is 0 Å². The molecule has 0 aliphatic carbocycles. The molecule has 2 heterocycles. The minimum Gasteiger partial charge on any atom is -0.378 e. The molecule has 0 atom stereocenters. The largest absolute Gasteiger partial charge is 0.378 e. The van der Waals surface area contributed by atoms with E-state index in [1.807, 2.05) is 0 Å². The number of anilines is 1. The smallest absolute Gasteiger partial charge is 0.268 e. The van der Waals surface area contributed by atoms with E-state index >= 15 is 0 Å². The Morgan fingerprint density at radius 1 is 1.35 bits per heavy atom. The van der Waals surface area contributed by atoms with Gasteiger partial charge in [0.15, 0.2) is 0 Å². The van der Waals surface area contributed by atoms with Gasteiger partial charge in [0.05, 0.1) is 31.6 Å². The molecule has 0 amide bonds. The Balaban J connectivity index is 1.87. The van der Waals surface area contributed by atoms with Gasteiger partial charge in [0.25, 0.3) is 5.56 Å². The number of hydrogen-bond donors (Lipinski definition) is 1. The summed E-state index contributed by atoms with van der Waals surface area (Å²) < 4.78 is 6.82. The summed E-state index contributed by atoms with van der Waals surface area (Å²) >= 11 is 0. The molecule has 6 heteroatoms. The van der Waals surface area contributed by atoms with Gasteiger partial charge in [-0.3, -0.25) is 4.79 Å². The molecule has 0 unspecified atom stereocenters. The molecule has 1 aromatic heterocycles. The molecular weight excluding hydrogens is 256 g/mol. The summed E-state index contributed by atoms with van der Waals surface area (Å²) in [5.41, 5.74) is 0.861. The van der Waals surface area contributed by atoms with Crippen LogP contribution in [0.25, 0.3) is 0 Å². The summed E-state index contributed by atoms with van der Waals surface area (Å²) in [5.74, 6) is 0. The van der Waals surface area contributed by atoms with E-state index in [-0.39, 0.29) is 5.56 Å². The van der Waals surface area contributed by atoms with Crippen LogP contribution < -0.4 is 15.8 Å². The van der Waals surface area contributed by atoms with E-state index in [9.17, 15) is 4.79 Å². The van der Waals surface area contributed by atoms with Gasteiger partial charge in [-0.25, -0.2) is 4.68 Å². The fourth-order valence-corrected chi connectivity index (χ4v) is 2.20. The van der Waals surface area contributed by atoms with Gasteiger partial charge < -0.3 is 15.0 Å². The molecule has 0 radical (unpaired) electrons. The molecule has 0 aromatic carbocycles. The lowest BCUT2D eigenvalue weighted by molar-refractivity contribution is 0.122. The summed E-state index contributed by atoms with van der Waals surface area (Å²) in [5, 5.41) is 7.57. The quantitative estimate of drug-likeness (QED) is 0.736. The number of ether oxygens (including phenoxy) is 1. The summed E-state index contributed by atoms with van der Waals surface area (Å²) in [7, 11) is 0. The van der Waals surface area contributed by atoms with Crippen LogP contribution in [0.15, 0.2) is 17.1 Å².